The summed E-state index contributed by atoms with van der Waals surface area (Å²) in [6.45, 7) is 7.10. The van der Waals surface area contributed by atoms with Crippen LogP contribution < -0.4 is 5.32 Å². The molecule has 2 heterocycles. The van der Waals surface area contributed by atoms with E-state index in [1.807, 2.05) is 6.92 Å². The summed E-state index contributed by atoms with van der Waals surface area (Å²) < 4.78 is 2.24. The van der Waals surface area contributed by atoms with Crippen LogP contribution >= 0.6 is 11.3 Å². The third-order valence-corrected chi connectivity index (χ3v) is 3.53. The van der Waals surface area contributed by atoms with Gasteiger partial charge in [-0.15, -0.1) is 11.3 Å². The van der Waals surface area contributed by atoms with Crippen molar-refractivity contribution in [2.75, 3.05) is 0 Å². The van der Waals surface area contributed by atoms with Crippen LogP contribution in [0.3, 0.4) is 0 Å². The predicted molar refractivity (Wildman–Crippen MR) is 72.1 cm³/mol. The van der Waals surface area contributed by atoms with Gasteiger partial charge in [-0.3, -0.25) is 0 Å². The molecule has 2 aromatic rings. The zero-order valence-electron chi connectivity index (χ0n) is 10.4. The van der Waals surface area contributed by atoms with Gasteiger partial charge in [0.25, 0.3) is 0 Å². The molecule has 0 amide bonds. The van der Waals surface area contributed by atoms with E-state index in [4.69, 9.17) is 0 Å². The summed E-state index contributed by atoms with van der Waals surface area (Å²) in [6.07, 6.45) is 5.54. The van der Waals surface area contributed by atoms with Gasteiger partial charge in [0.05, 0.1) is 0 Å². The SMILES string of the molecule is CCCn1ccc(CNCc2nc(C)cs2)c1. The van der Waals surface area contributed by atoms with Crippen molar-refractivity contribution in [2.45, 2.75) is 39.9 Å². The third kappa shape index (κ3) is 3.68. The molecule has 0 spiro atoms. The van der Waals surface area contributed by atoms with Gasteiger partial charge in [0.15, 0.2) is 0 Å². The van der Waals surface area contributed by atoms with Gasteiger partial charge >= 0.3 is 0 Å². The number of aryl methyl sites for hydroxylation is 2. The standard InChI is InChI=1S/C13H19N3S/c1-3-5-16-6-4-12(9-16)7-14-8-13-15-11(2)10-17-13/h4,6,9-10,14H,3,5,7-8H2,1-2H3. The van der Waals surface area contributed by atoms with E-state index in [2.05, 4.69) is 45.6 Å². The molecule has 1 N–H and O–H groups in total. The fraction of sp³-hybridized carbons (Fsp3) is 0.462. The fourth-order valence-corrected chi connectivity index (χ4v) is 2.53. The molecule has 0 aromatic carbocycles. The third-order valence-electron chi connectivity index (χ3n) is 2.57. The minimum atomic E-state index is 0.859. The summed E-state index contributed by atoms with van der Waals surface area (Å²) in [5.74, 6) is 0. The molecular formula is C13H19N3S. The molecule has 0 saturated carbocycles. The number of thiazole rings is 1. The lowest BCUT2D eigenvalue weighted by Gasteiger charge is -2.00. The lowest BCUT2D eigenvalue weighted by molar-refractivity contribution is 0.667. The van der Waals surface area contributed by atoms with Crippen molar-refractivity contribution in [1.29, 1.82) is 0 Å². The largest absolute Gasteiger partial charge is 0.354 e. The van der Waals surface area contributed by atoms with Crippen LogP contribution in [-0.4, -0.2) is 9.55 Å². The summed E-state index contributed by atoms with van der Waals surface area (Å²) >= 11 is 1.72. The zero-order valence-corrected chi connectivity index (χ0v) is 11.3. The molecule has 2 aromatic heterocycles. The Bertz CT molecular complexity index is 459. The van der Waals surface area contributed by atoms with Crippen molar-refractivity contribution >= 4 is 11.3 Å². The molecule has 0 atom stereocenters. The maximum absolute atomic E-state index is 4.43. The van der Waals surface area contributed by atoms with E-state index in [9.17, 15) is 0 Å². The van der Waals surface area contributed by atoms with Gasteiger partial charge < -0.3 is 9.88 Å². The maximum Gasteiger partial charge on any atom is 0.107 e. The normalized spacial score (nSPS) is 10.9. The predicted octanol–water partition coefficient (Wildman–Crippen LogP) is 2.95. The molecule has 4 heteroatoms. The molecule has 92 valence electrons. The molecule has 0 unspecified atom stereocenters. The van der Waals surface area contributed by atoms with E-state index in [1.165, 1.54) is 12.0 Å². The number of nitrogens with zero attached hydrogens (tertiary/aromatic N) is 2. The molecule has 17 heavy (non-hydrogen) atoms. The molecular weight excluding hydrogens is 230 g/mol. The van der Waals surface area contributed by atoms with Crippen LogP contribution in [0.4, 0.5) is 0 Å². The highest BCUT2D eigenvalue weighted by atomic mass is 32.1. The number of aromatic nitrogens is 2. The summed E-state index contributed by atoms with van der Waals surface area (Å²) in [4.78, 5) is 4.43. The minimum absolute atomic E-state index is 0.859. The average Bonchev–Trinajstić information content (AvgIpc) is 2.89. The number of rotatable bonds is 6. The Morgan fingerprint density at radius 2 is 2.29 bits per heavy atom. The molecule has 3 nitrogen and oxygen atoms in total. The van der Waals surface area contributed by atoms with Gasteiger partial charge in [-0.25, -0.2) is 4.98 Å². The molecule has 0 saturated heterocycles. The number of hydrogen-bond donors (Lipinski definition) is 1. The highest BCUT2D eigenvalue weighted by Crippen LogP contribution is 2.08. The second-order valence-corrected chi connectivity index (χ2v) is 5.19. The first-order chi connectivity index (χ1) is 8.28. The van der Waals surface area contributed by atoms with Crippen LogP contribution in [0.1, 0.15) is 29.6 Å². The van der Waals surface area contributed by atoms with Crippen molar-refractivity contribution in [2.24, 2.45) is 0 Å². The summed E-state index contributed by atoms with van der Waals surface area (Å²) in [5, 5.41) is 6.68. The van der Waals surface area contributed by atoms with E-state index in [1.54, 1.807) is 11.3 Å². The molecule has 0 fully saturated rings. The van der Waals surface area contributed by atoms with Crippen LogP contribution in [0.5, 0.6) is 0 Å². The number of hydrogen-bond acceptors (Lipinski definition) is 3. The van der Waals surface area contributed by atoms with Gasteiger partial charge in [-0.05, 0) is 25.0 Å². The molecule has 2 rings (SSSR count). The molecule has 0 aliphatic rings. The quantitative estimate of drug-likeness (QED) is 0.853. The lowest BCUT2D eigenvalue weighted by Crippen LogP contribution is -2.12. The summed E-state index contributed by atoms with van der Waals surface area (Å²) in [5.41, 5.74) is 2.45. The Hall–Kier alpha value is -1.13. The smallest absolute Gasteiger partial charge is 0.107 e. The van der Waals surface area contributed by atoms with Crippen LogP contribution in [0.2, 0.25) is 0 Å². The monoisotopic (exact) mass is 249 g/mol. The van der Waals surface area contributed by atoms with Gasteiger partial charge in [-0.2, -0.15) is 0 Å². The minimum Gasteiger partial charge on any atom is -0.354 e. The average molecular weight is 249 g/mol. The first kappa shape index (κ1) is 12.3. The Morgan fingerprint density at radius 3 is 3.00 bits per heavy atom. The second kappa shape index (κ2) is 5.98. The maximum atomic E-state index is 4.43. The van der Waals surface area contributed by atoms with Crippen molar-refractivity contribution in [3.05, 3.63) is 40.1 Å². The Morgan fingerprint density at radius 1 is 1.41 bits per heavy atom. The van der Waals surface area contributed by atoms with Crippen LogP contribution in [0.25, 0.3) is 0 Å². The van der Waals surface area contributed by atoms with Crippen LogP contribution in [0.15, 0.2) is 23.8 Å². The Kier molecular flexibility index (Phi) is 4.34. The van der Waals surface area contributed by atoms with Crippen LogP contribution in [0, 0.1) is 6.92 Å². The van der Waals surface area contributed by atoms with E-state index in [-0.39, 0.29) is 0 Å². The topological polar surface area (TPSA) is 29.9 Å². The van der Waals surface area contributed by atoms with Gasteiger partial charge in [-0.1, -0.05) is 6.92 Å². The fourth-order valence-electron chi connectivity index (χ4n) is 1.79. The van der Waals surface area contributed by atoms with Gasteiger partial charge in [0.1, 0.15) is 5.01 Å². The highest BCUT2D eigenvalue weighted by Gasteiger charge is 1.99. The summed E-state index contributed by atoms with van der Waals surface area (Å²) in [6, 6.07) is 2.18. The van der Waals surface area contributed by atoms with Crippen molar-refractivity contribution in [3.8, 4) is 0 Å². The first-order valence-electron chi connectivity index (χ1n) is 6.04. The van der Waals surface area contributed by atoms with Crippen molar-refractivity contribution < 1.29 is 0 Å². The molecule has 0 bridgehead atoms. The van der Waals surface area contributed by atoms with E-state index in [0.29, 0.717) is 0 Å². The van der Waals surface area contributed by atoms with Gasteiger partial charge in [0, 0.05) is 43.1 Å². The van der Waals surface area contributed by atoms with Gasteiger partial charge in [0.2, 0.25) is 0 Å². The zero-order chi connectivity index (χ0) is 12.1. The summed E-state index contributed by atoms with van der Waals surface area (Å²) in [7, 11) is 0. The molecule has 0 radical (unpaired) electrons. The van der Waals surface area contributed by atoms with Crippen LogP contribution in [-0.2, 0) is 19.6 Å². The molecule has 0 aliphatic heterocycles. The van der Waals surface area contributed by atoms with Crippen molar-refractivity contribution in [1.82, 2.24) is 14.9 Å². The second-order valence-electron chi connectivity index (χ2n) is 4.24. The highest BCUT2D eigenvalue weighted by molar-refractivity contribution is 7.09. The molecule has 0 aliphatic carbocycles. The van der Waals surface area contributed by atoms with Crippen molar-refractivity contribution in [3.63, 3.8) is 0 Å². The Labute approximate surface area is 107 Å². The first-order valence-corrected chi connectivity index (χ1v) is 6.92. The van der Waals surface area contributed by atoms with E-state index < -0.39 is 0 Å². The van der Waals surface area contributed by atoms with E-state index >= 15 is 0 Å². The Balaban J connectivity index is 1.77. The number of nitrogens with one attached hydrogen (secondary N) is 1. The van der Waals surface area contributed by atoms with E-state index in [0.717, 1.165) is 30.3 Å². The lowest BCUT2D eigenvalue weighted by atomic mass is 10.3.